The number of sulfonamides is 1. The molecular weight excluding hydrogens is 350 g/mol. The molecule has 130 valence electrons. The van der Waals surface area contributed by atoms with Gasteiger partial charge in [0.25, 0.3) is 10.0 Å². The highest BCUT2D eigenvalue weighted by molar-refractivity contribution is 7.89. The summed E-state index contributed by atoms with van der Waals surface area (Å²) in [6.07, 6.45) is 5.94. The van der Waals surface area contributed by atoms with E-state index in [1.165, 1.54) is 28.2 Å². The average molecular weight is 369 g/mol. The highest BCUT2D eigenvalue weighted by atomic mass is 32.2. The molecule has 0 aromatic carbocycles. The fraction of sp³-hybridized carbons (Fsp3) is 0.500. The Bertz CT molecular complexity index is 800. The number of aromatic nitrogens is 3. The summed E-state index contributed by atoms with van der Waals surface area (Å²) in [6, 6.07) is 0. The van der Waals surface area contributed by atoms with Crippen LogP contribution in [0.4, 0.5) is 5.13 Å². The Morgan fingerprint density at radius 3 is 2.96 bits per heavy atom. The van der Waals surface area contributed by atoms with Crippen molar-refractivity contribution in [3.63, 3.8) is 0 Å². The van der Waals surface area contributed by atoms with Gasteiger partial charge in [0.1, 0.15) is 0 Å². The standard InChI is InChI=1S/C14H19N5O3S2/c1-2-18-9-12(16-10-18)24(21,22)19-6-3-4-11(8-19)13(20)17-14-15-5-7-23-14/h5,7,9-11H,2-4,6,8H2,1H3,(H,15,17,20). The van der Waals surface area contributed by atoms with E-state index in [0.717, 1.165) is 0 Å². The summed E-state index contributed by atoms with van der Waals surface area (Å²) in [5.41, 5.74) is 0. The van der Waals surface area contributed by atoms with E-state index in [-0.39, 0.29) is 23.4 Å². The lowest BCUT2D eigenvalue weighted by Gasteiger charge is -2.30. The lowest BCUT2D eigenvalue weighted by molar-refractivity contribution is -0.120. The molecule has 0 radical (unpaired) electrons. The summed E-state index contributed by atoms with van der Waals surface area (Å²) in [4.78, 5) is 20.3. The first-order valence-electron chi connectivity index (χ1n) is 7.73. The van der Waals surface area contributed by atoms with Gasteiger partial charge in [-0.3, -0.25) is 4.79 Å². The number of amides is 1. The van der Waals surface area contributed by atoms with Crippen LogP contribution >= 0.6 is 11.3 Å². The lowest BCUT2D eigenvalue weighted by Crippen LogP contribution is -2.43. The molecule has 1 saturated heterocycles. The molecule has 10 heteroatoms. The number of hydrogen-bond donors (Lipinski definition) is 1. The van der Waals surface area contributed by atoms with E-state index in [1.807, 2.05) is 6.92 Å². The maximum Gasteiger partial charge on any atom is 0.262 e. The molecule has 0 saturated carbocycles. The zero-order chi connectivity index (χ0) is 17.2. The zero-order valence-corrected chi connectivity index (χ0v) is 14.9. The van der Waals surface area contributed by atoms with E-state index < -0.39 is 10.0 Å². The summed E-state index contributed by atoms with van der Waals surface area (Å²) in [5, 5.41) is 5.08. The molecule has 1 atom stereocenters. The molecule has 1 aliphatic rings. The third-order valence-electron chi connectivity index (χ3n) is 4.00. The number of hydrogen-bond acceptors (Lipinski definition) is 6. The van der Waals surface area contributed by atoms with Gasteiger partial charge in [-0.15, -0.1) is 11.3 Å². The minimum Gasteiger partial charge on any atom is -0.336 e. The van der Waals surface area contributed by atoms with Crippen LogP contribution in [0.1, 0.15) is 19.8 Å². The predicted molar refractivity (Wildman–Crippen MR) is 90.1 cm³/mol. The lowest BCUT2D eigenvalue weighted by atomic mass is 9.99. The predicted octanol–water partition coefficient (Wildman–Crippen LogP) is 1.40. The van der Waals surface area contributed by atoms with Gasteiger partial charge in [-0.1, -0.05) is 0 Å². The molecule has 1 N–H and O–H groups in total. The van der Waals surface area contributed by atoms with Gasteiger partial charge in [-0.05, 0) is 19.8 Å². The number of aryl methyl sites for hydroxylation is 1. The molecule has 1 aliphatic heterocycles. The summed E-state index contributed by atoms with van der Waals surface area (Å²) >= 11 is 1.34. The first kappa shape index (κ1) is 17.1. The Labute approximate surface area is 144 Å². The van der Waals surface area contributed by atoms with Crippen molar-refractivity contribution in [1.29, 1.82) is 0 Å². The van der Waals surface area contributed by atoms with E-state index in [1.54, 1.807) is 16.1 Å². The summed E-state index contributed by atoms with van der Waals surface area (Å²) in [7, 11) is -3.67. The first-order chi connectivity index (χ1) is 11.5. The van der Waals surface area contributed by atoms with Crippen molar-refractivity contribution in [3.8, 4) is 0 Å². The van der Waals surface area contributed by atoms with Gasteiger partial charge < -0.3 is 9.88 Å². The van der Waals surface area contributed by atoms with Crippen LogP contribution in [0, 0.1) is 5.92 Å². The number of nitrogens with zero attached hydrogens (tertiary/aromatic N) is 4. The maximum absolute atomic E-state index is 12.7. The fourth-order valence-corrected chi connectivity index (χ4v) is 4.64. The van der Waals surface area contributed by atoms with Crippen molar-refractivity contribution >= 4 is 32.4 Å². The number of carbonyl (C=O) groups excluding carboxylic acids is 1. The molecule has 3 heterocycles. The van der Waals surface area contributed by atoms with Gasteiger partial charge in [-0.25, -0.2) is 18.4 Å². The molecular formula is C14H19N5O3S2. The van der Waals surface area contributed by atoms with Crippen LogP contribution in [0.25, 0.3) is 0 Å². The van der Waals surface area contributed by atoms with Crippen LogP contribution < -0.4 is 5.32 Å². The van der Waals surface area contributed by atoms with Crippen LogP contribution in [0.5, 0.6) is 0 Å². The number of piperidine rings is 1. The van der Waals surface area contributed by atoms with Gasteiger partial charge in [0.05, 0.1) is 12.2 Å². The van der Waals surface area contributed by atoms with E-state index in [4.69, 9.17) is 0 Å². The second-order valence-electron chi connectivity index (χ2n) is 5.57. The third kappa shape index (κ3) is 3.50. The Hall–Kier alpha value is -1.78. The minimum atomic E-state index is -3.67. The largest absolute Gasteiger partial charge is 0.336 e. The normalized spacial score (nSPS) is 19.3. The second kappa shape index (κ2) is 6.99. The first-order valence-corrected chi connectivity index (χ1v) is 10.0. The van der Waals surface area contributed by atoms with E-state index >= 15 is 0 Å². The van der Waals surface area contributed by atoms with Crippen molar-refractivity contribution in [2.24, 2.45) is 5.92 Å². The van der Waals surface area contributed by atoms with Gasteiger partial charge in [0.2, 0.25) is 5.91 Å². The number of carbonyl (C=O) groups is 1. The van der Waals surface area contributed by atoms with Crippen LogP contribution in [-0.4, -0.2) is 46.3 Å². The van der Waals surface area contributed by atoms with Crippen LogP contribution in [0.2, 0.25) is 0 Å². The van der Waals surface area contributed by atoms with Crippen molar-refractivity contribution in [1.82, 2.24) is 18.8 Å². The minimum absolute atomic E-state index is 0.0327. The molecule has 1 fully saturated rings. The quantitative estimate of drug-likeness (QED) is 0.859. The summed E-state index contributed by atoms with van der Waals surface area (Å²) in [5.74, 6) is -0.574. The highest BCUT2D eigenvalue weighted by Gasteiger charge is 2.34. The molecule has 0 aliphatic carbocycles. The molecule has 3 rings (SSSR count). The smallest absolute Gasteiger partial charge is 0.262 e. The van der Waals surface area contributed by atoms with Gasteiger partial charge in [0.15, 0.2) is 10.2 Å². The zero-order valence-electron chi connectivity index (χ0n) is 13.3. The molecule has 2 aromatic heterocycles. The van der Waals surface area contributed by atoms with Crippen molar-refractivity contribution in [2.45, 2.75) is 31.3 Å². The van der Waals surface area contributed by atoms with Crippen LogP contribution in [0.3, 0.4) is 0 Å². The number of anilines is 1. The Kier molecular flexibility index (Phi) is 4.97. The molecule has 24 heavy (non-hydrogen) atoms. The SMILES string of the molecule is CCn1cnc(S(=O)(=O)N2CCCC(C(=O)Nc3nccs3)C2)c1. The van der Waals surface area contributed by atoms with Crippen LogP contribution in [-0.2, 0) is 21.4 Å². The molecule has 2 aromatic rings. The van der Waals surface area contributed by atoms with E-state index in [2.05, 4.69) is 15.3 Å². The summed E-state index contributed by atoms with van der Waals surface area (Å²) in [6.45, 7) is 3.14. The van der Waals surface area contributed by atoms with Gasteiger partial charge in [-0.2, -0.15) is 4.31 Å². The maximum atomic E-state index is 12.7. The Balaban J connectivity index is 1.71. The van der Waals surface area contributed by atoms with Gasteiger partial charge >= 0.3 is 0 Å². The summed E-state index contributed by atoms with van der Waals surface area (Å²) < 4.78 is 28.5. The second-order valence-corrected chi connectivity index (χ2v) is 8.35. The highest BCUT2D eigenvalue weighted by Crippen LogP contribution is 2.24. The molecule has 1 unspecified atom stereocenters. The number of rotatable bonds is 5. The molecule has 0 bridgehead atoms. The third-order valence-corrected chi connectivity index (χ3v) is 6.44. The van der Waals surface area contributed by atoms with Crippen molar-refractivity contribution in [3.05, 3.63) is 24.1 Å². The molecule has 8 nitrogen and oxygen atoms in total. The fourth-order valence-electron chi connectivity index (χ4n) is 2.65. The number of nitrogens with one attached hydrogen (secondary N) is 1. The number of thiazole rings is 1. The topological polar surface area (TPSA) is 97.2 Å². The van der Waals surface area contributed by atoms with Crippen molar-refractivity contribution in [2.75, 3.05) is 18.4 Å². The van der Waals surface area contributed by atoms with E-state index in [0.29, 0.717) is 31.1 Å². The monoisotopic (exact) mass is 369 g/mol. The van der Waals surface area contributed by atoms with E-state index in [9.17, 15) is 13.2 Å². The van der Waals surface area contributed by atoms with Crippen LogP contribution in [0.15, 0.2) is 29.1 Å². The Morgan fingerprint density at radius 1 is 1.46 bits per heavy atom. The van der Waals surface area contributed by atoms with Gasteiger partial charge in [0, 0.05) is 37.4 Å². The number of imidazole rings is 1. The Morgan fingerprint density at radius 2 is 2.29 bits per heavy atom. The van der Waals surface area contributed by atoms with Crippen molar-refractivity contribution < 1.29 is 13.2 Å². The average Bonchev–Trinajstić information content (AvgIpc) is 3.26. The molecule has 1 amide bonds. The molecule has 0 spiro atoms.